The summed E-state index contributed by atoms with van der Waals surface area (Å²) in [6.45, 7) is 5.28. The number of carboxylic acids is 1. The van der Waals surface area contributed by atoms with Crippen molar-refractivity contribution < 1.29 is 9.90 Å². The third kappa shape index (κ3) is 2.46. The van der Waals surface area contributed by atoms with Gasteiger partial charge in [0.1, 0.15) is 0 Å². The predicted octanol–water partition coefficient (Wildman–Crippen LogP) is 3.66. The van der Waals surface area contributed by atoms with E-state index >= 15 is 0 Å². The SMILES string of the molecule is CC(C)C1CCCN1c1ccc(Cl)cc1C(=O)O. The van der Waals surface area contributed by atoms with Crippen molar-refractivity contribution in [2.45, 2.75) is 32.7 Å². The molecule has 1 saturated heterocycles. The third-order valence-corrected chi connectivity index (χ3v) is 3.80. The van der Waals surface area contributed by atoms with Crippen LogP contribution in [-0.2, 0) is 0 Å². The molecule has 1 aliphatic rings. The molecule has 1 heterocycles. The summed E-state index contributed by atoms with van der Waals surface area (Å²) in [6.07, 6.45) is 2.24. The first-order valence-corrected chi connectivity index (χ1v) is 6.68. The molecular weight excluding hydrogens is 250 g/mol. The van der Waals surface area contributed by atoms with Crippen LogP contribution >= 0.6 is 11.6 Å². The Balaban J connectivity index is 2.41. The number of rotatable bonds is 3. The van der Waals surface area contributed by atoms with Crippen LogP contribution in [0, 0.1) is 5.92 Å². The Hall–Kier alpha value is -1.22. The van der Waals surface area contributed by atoms with Crippen molar-refractivity contribution in [1.29, 1.82) is 0 Å². The predicted molar refractivity (Wildman–Crippen MR) is 73.6 cm³/mol. The number of hydrogen-bond donors (Lipinski definition) is 1. The fourth-order valence-electron chi connectivity index (χ4n) is 2.71. The zero-order valence-corrected chi connectivity index (χ0v) is 11.4. The van der Waals surface area contributed by atoms with Crippen LogP contribution in [0.1, 0.15) is 37.0 Å². The lowest BCUT2D eigenvalue weighted by Gasteiger charge is -2.30. The second kappa shape index (κ2) is 5.19. The fraction of sp³-hybridized carbons (Fsp3) is 0.500. The van der Waals surface area contributed by atoms with Gasteiger partial charge in [0, 0.05) is 17.6 Å². The van der Waals surface area contributed by atoms with E-state index in [1.807, 2.05) is 6.07 Å². The number of anilines is 1. The molecule has 1 fully saturated rings. The summed E-state index contributed by atoms with van der Waals surface area (Å²) >= 11 is 5.88. The van der Waals surface area contributed by atoms with Gasteiger partial charge in [-0.05, 0) is 37.0 Å². The van der Waals surface area contributed by atoms with Gasteiger partial charge in [0.25, 0.3) is 0 Å². The summed E-state index contributed by atoms with van der Waals surface area (Å²) in [5, 5.41) is 9.76. The molecule has 1 atom stereocenters. The van der Waals surface area contributed by atoms with Gasteiger partial charge in [0.05, 0.1) is 11.3 Å². The maximum atomic E-state index is 11.3. The van der Waals surface area contributed by atoms with Crippen molar-refractivity contribution in [1.82, 2.24) is 0 Å². The lowest BCUT2D eigenvalue weighted by molar-refractivity contribution is 0.0697. The number of halogens is 1. The van der Waals surface area contributed by atoms with E-state index in [-0.39, 0.29) is 0 Å². The number of carbonyl (C=O) groups is 1. The standard InChI is InChI=1S/C14H18ClNO2/c1-9(2)12-4-3-7-16(12)13-6-5-10(15)8-11(13)14(17)18/h5-6,8-9,12H,3-4,7H2,1-2H3,(H,17,18). The minimum atomic E-state index is -0.915. The van der Waals surface area contributed by atoms with Gasteiger partial charge in [-0.2, -0.15) is 0 Å². The van der Waals surface area contributed by atoms with Crippen molar-refractivity contribution in [3.8, 4) is 0 Å². The number of carboxylic acid groups (broad SMARTS) is 1. The molecule has 0 saturated carbocycles. The van der Waals surface area contributed by atoms with Crippen molar-refractivity contribution in [2.24, 2.45) is 5.92 Å². The van der Waals surface area contributed by atoms with Gasteiger partial charge in [-0.1, -0.05) is 25.4 Å². The van der Waals surface area contributed by atoms with E-state index in [0.29, 0.717) is 22.5 Å². The van der Waals surface area contributed by atoms with Crippen LogP contribution in [-0.4, -0.2) is 23.7 Å². The number of aromatic carboxylic acids is 1. The van der Waals surface area contributed by atoms with Crippen LogP contribution in [0.3, 0.4) is 0 Å². The molecule has 4 heteroatoms. The molecule has 0 radical (unpaired) electrons. The van der Waals surface area contributed by atoms with E-state index in [2.05, 4.69) is 18.7 Å². The topological polar surface area (TPSA) is 40.5 Å². The molecule has 1 unspecified atom stereocenters. The first kappa shape index (κ1) is 13.2. The van der Waals surface area contributed by atoms with Gasteiger partial charge < -0.3 is 10.0 Å². The van der Waals surface area contributed by atoms with Crippen LogP contribution in [0.15, 0.2) is 18.2 Å². The highest BCUT2D eigenvalue weighted by Gasteiger charge is 2.29. The van der Waals surface area contributed by atoms with E-state index in [0.717, 1.165) is 25.1 Å². The van der Waals surface area contributed by atoms with Gasteiger partial charge >= 0.3 is 5.97 Å². The Labute approximate surface area is 112 Å². The smallest absolute Gasteiger partial charge is 0.337 e. The maximum absolute atomic E-state index is 11.3. The Morgan fingerprint density at radius 2 is 2.22 bits per heavy atom. The molecule has 18 heavy (non-hydrogen) atoms. The first-order valence-electron chi connectivity index (χ1n) is 6.30. The summed E-state index contributed by atoms with van der Waals surface area (Å²) in [5.74, 6) is -0.397. The lowest BCUT2D eigenvalue weighted by Crippen LogP contribution is -2.34. The normalized spacial score (nSPS) is 19.6. The highest BCUT2D eigenvalue weighted by Crippen LogP contribution is 2.33. The molecule has 0 aromatic heterocycles. The lowest BCUT2D eigenvalue weighted by atomic mass is 10.0. The average molecular weight is 268 g/mol. The molecule has 1 N–H and O–H groups in total. The molecule has 1 aromatic carbocycles. The quantitative estimate of drug-likeness (QED) is 0.909. The Morgan fingerprint density at radius 1 is 1.50 bits per heavy atom. The summed E-state index contributed by atoms with van der Waals surface area (Å²) < 4.78 is 0. The summed E-state index contributed by atoms with van der Waals surface area (Å²) in [7, 11) is 0. The van der Waals surface area contributed by atoms with Crippen molar-refractivity contribution in [2.75, 3.05) is 11.4 Å². The van der Waals surface area contributed by atoms with Gasteiger partial charge in [-0.15, -0.1) is 0 Å². The van der Waals surface area contributed by atoms with Crippen LogP contribution in [0.2, 0.25) is 5.02 Å². The zero-order valence-electron chi connectivity index (χ0n) is 10.7. The van der Waals surface area contributed by atoms with Gasteiger partial charge in [0.2, 0.25) is 0 Å². The molecule has 1 aromatic rings. The first-order chi connectivity index (χ1) is 8.50. The number of benzene rings is 1. The van der Waals surface area contributed by atoms with Gasteiger partial charge in [-0.25, -0.2) is 4.79 Å². The number of hydrogen-bond acceptors (Lipinski definition) is 2. The maximum Gasteiger partial charge on any atom is 0.337 e. The minimum Gasteiger partial charge on any atom is -0.478 e. The summed E-state index contributed by atoms with van der Waals surface area (Å²) in [5.41, 5.74) is 1.10. The summed E-state index contributed by atoms with van der Waals surface area (Å²) in [4.78, 5) is 13.5. The Bertz CT molecular complexity index is 459. The van der Waals surface area contributed by atoms with Crippen LogP contribution in [0.25, 0.3) is 0 Å². The molecule has 0 amide bonds. The van der Waals surface area contributed by atoms with E-state index in [1.165, 1.54) is 6.07 Å². The third-order valence-electron chi connectivity index (χ3n) is 3.57. The zero-order chi connectivity index (χ0) is 13.3. The average Bonchev–Trinajstić information content (AvgIpc) is 2.77. The Morgan fingerprint density at radius 3 is 2.83 bits per heavy atom. The second-order valence-corrected chi connectivity index (χ2v) is 5.55. The number of nitrogens with zero attached hydrogens (tertiary/aromatic N) is 1. The molecule has 1 aliphatic heterocycles. The highest BCUT2D eigenvalue weighted by atomic mass is 35.5. The highest BCUT2D eigenvalue weighted by molar-refractivity contribution is 6.31. The molecule has 0 bridgehead atoms. The molecule has 2 rings (SSSR count). The van der Waals surface area contributed by atoms with Crippen LogP contribution in [0.4, 0.5) is 5.69 Å². The van der Waals surface area contributed by atoms with E-state index in [4.69, 9.17) is 11.6 Å². The summed E-state index contributed by atoms with van der Waals surface area (Å²) in [6, 6.07) is 5.55. The second-order valence-electron chi connectivity index (χ2n) is 5.11. The fourth-order valence-corrected chi connectivity index (χ4v) is 2.89. The van der Waals surface area contributed by atoms with Crippen LogP contribution in [0.5, 0.6) is 0 Å². The largest absolute Gasteiger partial charge is 0.478 e. The van der Waals surface area contributed by atoms with E-state index < -0.39 is 5.97 Å². The van der Waals surface area contributed by atoms with Gasteiger partial charge in [-0.3, -0.25) is 0 Å². The van der Waals surface area contributed by atoms with Crippen LogP contribution < -0.4 is 4.90 Å². The van der Waals surface area contributed by atoms with E-state index in [1.54, 1.807) is 6.07 Å². The molecule has 0 aliphatic carbocycles. The molecular formula is C14H18ClNO2. The van der Waals surface area contributed by atoms with Crippen molar-refractivity contribution in [3.63, 3.8) is 0 Å². The minimum absolute atomic E-state index is 0.301. The Kier molecular flexibility index (Phi) is 3.81. The molecule has 0 spiro atoms. The van der Waals surface area contributed by atoms with Crippen molar-refractivity contribution >= 4 is 23.3 Å². The van der Waals surface area contributed by atoms with Gasteiger partial charge in [0.15, 0.2) is 0 Å². The van der Waals surface area contributed by atoms with E-state index in [9.17, 15) is 9.90 Å². The van der Waals surface area contributed by atoms with Crippen molar-refractivity contribution in [3.05, 3.63) is 28.8 Å². The monoisotopic (exact) mass is 267 g/mol. The molecule has 98 valence electrons. The molecule has 3 nitrogen and oxygen atoms in total.